The maximum atomic E-state index is 5.76. The number of para-hydroxylation sites is 1. The Labute approximate surface area is 125 Å². The van der Waals surface area contributed by atoms with Crippen LogP contribution in [0.4, 0.5) is 0 Å². The van der Waals surface area contributed by atoms with Gasteiger partial charge in [0.05, 0.1) is 18.3 Å². The molecular weight excluding hydrogens is 266 g/mol. The lowest BCUT2D eigenvalue weighted by atomic mass is 10.0. The van der Waals surface area contributed by atoms with Gasteiger partial charge in [-0.25, -0.2) is 5.43 Å². The van der Waals surface area contributed by atoms with Crippen LogP contribution in [0.3, 0.4) is 0 Å². The molecule has 2 aromatic rings. The number of hydrazine groups is 1. The molecule has 1 unspecified atom stereocenters. The Hall–Kier alpha value is -1.95. The second-order valence-corrected chi connectivity index (χ2v) is 4.68. The Kier molecular flexibility index (Phi) is 5.68. The lowest BCUT2D eigenvalue weighted by Gasteiger charge is -2.19. The monoisotopic (exact) mass is 287 g/mol. The van der Waals surface area contributed by atoms with Crippen molar-refractivity contribution in [2.24, 2.45) is 5.84 Å². The SMILES string of the molecule is COCCOc1ccccc1C(NN)c1cccc(C)n1. The van der Waals surface area contributed by atoms with Crippen molar-refractivity contribution in [1.29, 1.82) is 0 Å². The molecule has 0 saturated carbocycles. The number of ether oxygens (including phenoxy) is 2. The first-order chi connectivity index (χ1) is 10.3. The zero-order valence-electron chi connectivity index (χ0n) is 12.4. The molecule has 0 spiro atoms. The van der Waals surface area contributed by atoms with Crippen molar-refractivity contribution < 1.29 is 9.47 Å². The van der Waals surface area contributed by atoms with Gasteiger partial charge in [-0.05, 0) is 25.1 Å². The van der Waals surface area contributed by atoms with E-state index in [0.717, 1.165) is 22.7 Å². The lowest BCUT2D eigenvalue weighted by Crippen LogP contribution is -2.30. The number of hydrogen-bond donors (Lipinski definition) is 2. The van der Waals surface area contributed by atoms with Gasteiger partial charge in [0, 0.05) is 18.4 Å². The summed E-state index contributed by atoms with van der Waals surface area (Å²) in [5.74, 6) is 6.52. The average molecular weight is 287 g/mol. The van der Waals surface area contributed by atoms with Crippen LogP contribution in [0.1, 0.15) is 23.0 Å². The molecule has 0 aliphatic heterocycles. The standard InChI is InChI=1S/C16H21N3O2/c1-12-6-5-8-14(18-12)16(19-17)13-7-3-4-9-15(13)21-11-10-20-2/h3-9,16,19H,10-11,17H2,1-2H3. The summed E-state index contributed by atoms with van der Waals surface area (Å²) in [5.41, 5.74) is 5.58. The first-order valence-corrected chi connectivity index (χ1v) is 6.86. The summed E-state index contributed by atoms with van der Waals surface area (Å²) in [4.78, 5) is 4.54. The topological polar surface area (TPSA) is 69.4 Å². The van der Waals surface area contributed by atoms with Crippen LogP contribution in [0.25, 0.3) is 0 Å². The van der Waals surface area contributed by atoms with Gasteiger partial charge in [-0.2, -0.15) is 0 Å². The van der Waals surface area contributed by atoms with Gasteiger partial charge in [0.25, 0.3) is 0 Å². The highest BCUT2D eigenvalue weighted by molar-refractivity contribution is 5.40. The minimum atomic E-state index is -0.219. The third-order valence-corrected chi connectivity index (χ3v) is 3.15. The second kappa shape index (κ2) is 7.73. The Morgan fingerprint density at radius 1 is 1.14 bits per heavy atom. The normalized spacial score (nSPS) is 12.1. The zero-order valence-corrected chi connectivity index (χ0v) is 12.4. The molecule has 21 heavy (non-hydrogen) atoms. The highest BCUT2D eigenvalue weighted by atomic mass is 16.5. The van der Waals surface area contributed by atoms with Crippen molar-refractivity contribution in [2.75, 3.05) is 20.3 Å². The molecule has 0 radical (unpaired) electrons. The minimum absolute atomic E-state index is 0.219. The minimum Gasteiger partial charge on any atom is -0.491 e. The van der Waals surface area contributed by atoms with Crippen LogP contribution in [0.5, 0.6) is 5.75 Å². The van der Waals surface area contributed by atoms with Gasteiger partial charge in [0.2, 0.25) is 0 Å². The highest BCUT2D eigenvalue weighted by Gasteiger charge is 2.18. The smallest absolute Gasteiger partial charge is 0.124 e. The molecule has 0 aliphatic carbocycles. The summed E-state index contributed by atoms with van der Waals surface area (Å²) >= 11 is 0. The molecular formula is C16H21N3O2. The van der Waals surface area contributed by atoms with Crippen LogP contribution in [-0.2, 0) is 4.74 Å². The van der Waals surface area contributed by atoms with Crippen LogP contribution < -0.4 is 16.0 Å². The summed E-state index contributed by atoms with van der Waals surface area (Å²) < 4.78 is 10.8. The van der Waals surface area contributed by atoms with E-state index in [1.807, 2.05) is 49.4 Å². The third kappa shape index (κ3) is 4.01. The number of aryl methyl sites for hydroxylation is 1. The van der Waals surface area contributed by atoms with Crippen molar-refractivity contribution in [3.63, 3.8) is 0 Å². The largest absolute Gasteiger partial charge is 0.491 e. The van der Waals surface area contributed by atoms with Gasteiger partial charge in [0.1, 0.15) is 12.4 Å². The number of nitrogens with one attached hydrogen (secondary N) is 1. The van der Waals surface area contributed by atoms with Crippen LogP contribution in [0, 0.1) is 6.92 Å². The van der Waals surface area contributed by atoms with Gasteiger partial charge in [-0.15, -0.1) is 0 Å². The number of pyridine rings is 1. The fraction of sp³-hybridized carbons (Fsp3) is 0.312. The number of rotatable bonds is 7. The van der Waals surface area contributed by atoms with E-state index in [2.05, 4.69) is 10.4 Å². The van der Waals surface area contributed by atoms with Crippen LogP contribution >= 0.6 is 0 Å². The van der Waals surface area contributed by atoms with Crippen LogP contribution in [0.2, 0.25) is 0 Å². The number of nitrogens with two attached hydrogens (primary N) is 1. The molecule has 3 N–H and O–H groups in total. The molecule has 1 aromatic heterocycles. The number of benzene rings is 1. The van der Waals surface area contributed by atoms with Crippen LogP contribution in [0.15, 0.2) is 42.5 Å². The molecule has 0 fully saturated rings. The van der Waals surface area contributed by atoms with Gasteiger partial charge in [-0.3, -0.25) is 10.8 Å². The quantitative estimate of drug-likeness (QED) is 0.463. The predicted octanol–water partition coefficient (Wildman–Crippen LogP) is 1.97. The van der Waals surface area contributed by atoms with Crippen molar-refractivity contribution in [3.8, 4) is 5.75 Å². The van der Waals surface area contributed by atoms with Crippen LogP contribution in [-0.4, -0.2) is 25.3 Å². The average Bonchev–Trinajstić information content (AvgIpc) is 2.50. The molecule has 0 bridgehead atoms. The number of nitrogens with zero attached hydrogens (tertiary/aromatic N) is 1. The lowest BCUT2D eigenvalue weighted by molar-refractivity contribution is 0.145. The fourth-order valence-corrected chi connectivity index (χ4v) is 2.14. The molecule has 5 heteroatoms. The summed E-state index contributed by atoms with van der Waals surface area (Å²) in [6, 6.07) is 13.4. The maximum Gasteiger partial charge on any atom is 0.124 e. The van der Waals surface area contributed by atoms with Crippen molar-refractivity contribution in [2.45, 2.75) is 13.0 Å². The van der Waals surface area contributed by atoms with E-state index in [0.29, 0.717) is 13.2 Å². The highest BCUT2D eigenvalue weighted by Crippen LogP contribution is 2.28. The van der Waals surface area contributed by atoms with E-state index in [1.165, 1.54) is 0 Å². The summed E-state index contributed by atoms with van der Waals surface area (Å²) in [5, 5.41) is 0. The van der Waals surface area contributed by atoms with Crippen molar-refractivity contribution in [3.05, 3.63) is 59.4 Å². The van der Waals surface area contributed by atoms with Gasteiger partial charge < -0.3 is 9.47 Å². The number of hydrogen-bond acceptors (Lipinski definition) is 5. The first-order valence-electron chi connectivity index (χ1n) is 6.86. The Morgan fingerprint density at radius 2 is 1.95 bits per heavy atom. The van der Waals surface area contributed by atoms with Gasteiger partial charge in [0.15, 0.2) is 0 Å². The number of aromatic nitrogens is 1. The molecule has 2 rings (SSSR count). The van der Waals surface area contributed by atoms with E-state index in [1.54, 1.807) is 7.11 Å². The van der Waals surface area contributed by atoms with Gasteiger partial charge in [-0.1, -0.05) is 24.3 Å². The van der Waals surface area contributed by atoms with Gasteiger partial charge >= 0.3 is 0 Å². The molecule has 1 heterocycles. The fourth-order valence-electron chi connectivity index (χ4n) is 2.14. The van der Waals surface area contributed by atoms with E-state index in [9.17, 15) is 0 Å². The second-order valence-electron chi connectivity index (χ2n) is 4.68. The summed E-state index contributed by atoms with van der Waals surface area (Å²) in [6.07, 6.45) is 0. The molecule has 0 aliphatic rings. The summed E-state index contributed by atoms with van der Waals surface area (Å²) in [6.45, 7) is 2.99. The maximum absolute atomic E-state index is 5.76. The van der Waals surface area contributed by atoms with Crippen molar-refractivity contribution in [1.82, 2.24) is 10.4 Å². The third-order valence-electron chi connectivity index (χ3n) is 3.15. The zero-order chi connectivity index (χ0) is 15.1. The molecule has 0 saturated heterocycles. The Balaban J connectivity index is 2.29. The molecule has 5 nitrogen and oxygen atoms in total. The first kappa shape index (κ1) is 15.4. The molecule has 1 aromatic carbocycles. The Bertz CT molecular complexity index is 575. The van der Waals surface area contributed by atoms with E-state index in [-0.39, 0.29) is 6.04 Å². The molecule has 1 atom stereocenters. The van der Waals surface area contributed by atoms with E-state index in [4.69, 9.17) is 15.3 Å². The number of methoxy groups -OCH3 is 1. The van der Waals surface area contributed by atoms with E-state index >= 15 is 0 Å². The predicted molar refractivity (Wildman–Crippen MR) is 82.0 cm³/mol. The van der Waals surface area contributed by atoms with E-state index < -0.39 is 0 Å². The van der Waals surface area contributed by atoms with Crippen molar-refractivity contribution >= 4 is 0 Å². The molecule has 0 amide bonds. The Morgan fingerprint density at radius 3 is 2.67 bits per heavy atom. The molecule has 112 valence electrons. The summed E-state index contributed by atoms with van der Waals surface area (Å²) in [7, 11) is 1.65.